The molecule has 0 saturated heterocycles. The highest BCUT2D eigenvalue weighted by Crippen LogP contribution is 2.39. The number of nitrogens with zero attached hydrogens (tertiary/aromatic N) is 1. The van der Waals surface area contributed by atoms with Gasteiger partial charge in [0.05, 0.1) is 12.2 Å². The van der Waals surface area contributed by atoms with Gasteiger partial charge in [-0.25, -0.2) is 4.98 Å². The number of hydrogen-bond acceptors (Lipinski definition) is 3. The van der Waals surface area contributed by atoms with Gasteiger partial charge in [0.1, 0.15) is 5.69 Å². The normalized spacial score (nSPS) is 11.8. The van der Waals surface area contributed by atoms with Crippen LogP contribution in [0.2, 0.25) is 0 Å². The molecule has 96 valence electrons. The number of halogens is 4. The van der Waals surface area contributed by atoms with Crippen molar-refractivity contribution in [2.75, 3.05) is 0 Å². The van der Waals surface area contributed by atoms with E-state index >= 15 is 0 Å². The Bertz CT molecular complexity index is 566. The van der Waals surface area contributed by atoms with E-state index in [1.807, 2.05) is 0 Å². The third-order valence-electron chi connectivity index (χ3n) is 2.32. The van der Waals surface area contributed by atoms with E-state index in [-0.39, 0.29) is 17.0 Å². The Labute approximate surface area is 108 Å². The Morgan fingerprint density at radius 2 is 2.06 bits per heavy atom. The average Bonchev–Trinajstić information content (AvgIpc) is 2.75. The smallest absolute Gasteiger partial charge is 0.417 e. The molecule has 7 heteroatoms. The molecule has 0 amide bonds. The largest absolute Gasteiger partial charge is 0.443 e. The Kier molecular flexibility index (Phi) is 3.45. The lowest BCUT2D eigenvalue weighted by Crippen LogP contribution is -2.07. The second-order valence-corrected chi connectivity index (χ2v) is 4.39. The molecule has 1 aromatic carbocycles. The van der Waals surface area contributed by atoms with E-state index < -0.39 is 18.3 Å². The van der Waals surface area contributed by atoms with Crippen molar-refractivity contribution in [1.82, 2.24) is 4.98 Å². The number of alkyl halides is 3. The first kappa shape index (κ1) is 13.1. The lowest BCUT2D eigenvalue weighted by Gasteiger charge is -2.12. The highest BCUT2D eigenvalue weighted by Gasteiger charge is 2.35. The number of benzene rings is 1. The molecule has 0 atom stereocenters. The van der Waals surface area contributed by atoms with Gasteiger partial charge in [0.2, 0.25) is 0 Å². The van der Waals surface area contributed by atoms with E-state index in [2.05, 4.69) is 20.9 Å². The zero-order valence-corrected chi connectivity index (χ0v) is 10.4. The van der Waals surface area contributed by atoms with Gasteiger partial charge in [-0.15, -0.1) is 0 Å². The van der Waals surface area contributed by atoms with Crippen LogP contribution in [0.15, 0.2) is 33.5 Å². The molecule has 0 fully saturated rings. The summed E-state index contributed by atoms with van der Waals surface area (Å²) in [7, 11) is 0. The lowest BCUT2D eigenvalue weighted by atomic mass is 10.0. The fourth-order valence-electron chi connectivity index (χ4n) is 1.55. The summed E-state index contributed by atoms with van der Waals surface area (Å²) < 4.78 is 44.0. The third-order valence-corrected chi connectivity index (χ3v) is 2.82. The van der Waals surface area contributed by atoms with Crippen LogP contribution in [0.1, 0.15) is 11.3 Å². The maximum Gasteiger partial charge on any atom is 0.417 e. The van der Waals surface area contributed by atoms with Gasteiger partial charge in [0.25, 0.3) is 0 Å². The molecule has 1 heterocycles. The van der Waals surface area contributed by atoms with Crippen LogP contribution < -0.4 is 0 Å². The van der Waals surface area contributed by atoms with Crippen molar-refractivity contribution in [3.05, 3.63) is 40.3 Å². The Hall–Kier alpha value is -1.34. The number of aromatic nitrogens is 1. The summed E-state index contributed by atoms with van der Waals surface area (Å²) in [6.07, 6.45) is -3.51. The Balaban J connectivity index is 2.65. The summed E-state index contributed by atoms with van der Waals surface area (Å²) in [4.78, 5) is 3.66. The van der Waals surface area contributed by atoms with Gasteiger partial charge in [-0.3, -0.25) is 0 Å². The van der Waals surface area contributed by atoms with Crippen molar-refractivity contribution < 1.29 is 22.7 Å². The van der Waals surface area contributed by atoms with Crippen LogP contribution in [0.5, 0.6) is 0 Å². The topological polar surface area (TPSA) is 46.3 Å². The molecule has 1 aromatic heterocycles. The SMILES string of the molecule is OCc1ncoc1-c1ccc(Br)cc1C(F)(F)F. The molecule has 0 spiro atoms. The quantitative estimate of drug-likeness (QED) is 0.919. The predicted octanol–water partition coefficient (Wildman–Crippen LogP) is 3.62. The minimum Gasteiger partial charge on any atom is -0.443 e. The molecule has 18 heavy (non-hydrogen) atoms. The molecule has 0 radical (unpaired) electrons. The molecule has 0 aliphatic heterocycles. The summed E-state index contributed by atoms with van der Waals surface area (Å²) in [5.74, 6) is -0.0719. The van der Waals surface area contributed by atoms with Gasteiger partial charge in [0.15, 0.2) is 12.2 Å². The van der Waals surface area contributed by atoms with Gasteiger partial charge in [0, 0.05) is 10.0 Å². The predicted molar refractivity (Wildman–Crippen MR) is 60.6 cm³/mol. The number of aliphatic hydroxyl groups excluding tert-OH is 1. The molecular formula is C11H7BrF3NO2. The molecule has 2 rings (SSSR count). The van der Waals surface area contributed by atoms with Crippen molar-refractivity contribution in [3.8, 4) is 11.3 Å². The molecule has 3 nitrogen and oxygen atoms in total. The summed E-state index contributed by atoms with van der Waals surface area (Å²) >= 11 is 2.99. The van der Waals surface area contributed by atoms with Gasteiger partial charge in [-0.2, -0.15) is 13.2 Å². The number of hydrogen-bond donors (Lipinski definition) is 1. The molecule has 0 bridgehead atoms. The van der Waals surface area contributed by atoms with Crippen molar-refractivity contribution >= 4 is 15.9 Å². The van der Waals surface area contributed by atoms with Gasteiger partial charge >= 0.3 is 6.18 Å². The zero-order valence-electron chi connectivity index (χ0n) is 8.83. The summed E-state index contributed by atoms with van der Waals surface area (Å²) in [5, 5.41) is 9.00. The fourth-order valence-corrected chi connectivity index (χ4v) is 1.91. The number of oxazole rings is 1. The maximum atomic E-state index is 12.9. The van der Waals surface area contributed by atoms with Crippen LogP contribution in [0.3, 0.4) is 0 Å². The van der Waals surface area contributed by atoms with E-state index in [0.29, 0.717) is 4.47 Å². The Morgan fingerprint density at radius 1 is 1.33 bits per heavy atom. The average molecular weight is 322 g/mol. The highest BCUT2D eigenvalue weighted by molar-refractivity contribution is 9.10. The summed E-state index contributed by atoms with van der Waals surface area (Å²) in [6, 6.07) is 3.69. The molecule has 2 aromatic rings. The maximum absolute atomic E-state index is 12.9. The molecular weight excluding hydrogens is 315 g/mol. The van der Waals surface area contributed by atoms with Crippen LogP contribution in [-0.2, 0) is 12.8 Å². The van der Waals surface area contributed by atoms with Crippen LogP contribution in [0.4, 0.5) is 13.2 Å². The van der Waals surface area contributed by atoms with Crippen molar-refractivity contribution in [2.24, 2.45) is 0 Å². The lowest BCUT2D eigenvalue weighted by molar-refractivity contribution is -0.137. The van der Waals surface area contributed by atoms with Crippen LogP contribution in [0, 0.1) is 0 Å². The first-order valence-electron chi connectivity index (χ1n) is 4.84. The molecule has 0 aliphatic carbocycles. The second-order valence-electron chi connectivity index (χ2n) is 3.47. The first-order valence-corrected chi connectivity index (χ1v) is 5.63. The van der Waals surface area contributed by atoms with E-state index in [1.165, 1.54) is 12.1 Å². The summed E-state index contributed by atoms with van der Waals surface area (Å²) in [6.45, 7) is -0.487. The van der Waals surface area contributed by atoms with Gasteiger partial charge in [-0.05, 0) is 18.2 Å². The highest BCUT2D eigenvalue weighted by atomic mass is 79.9. The first-order chi connectivity index (χ1) is 8.43. The van der Waals surface area contributed by atoms with Crippen LogP contribution >= 0.6 is 15.9 Å². The van der Waals surface area contributed by atoms with E-state index in [9.17, 15) is 13.2 Å². The van der Waals surface area contributed by atoms with E-state index in [1.54, 1.807) is 0 Å². The Morgan fingerprint density at radius 3 is 2.67 bits per heavy atom. The van der Waals surface area contributed by atoms with Crippen molar-refractivity contribution in [1.29, 1.82) is 0 Å². The molecule has 1 N–H and O–H groups in total. The van der Waals surface area contributed by atoms with Crippen molar-refractivity contribution in [2.45, 2.75) is 12.8 Å². The number of aliphatic hydroxyl groups is 1. The molecule has 0 saturated carbocycles. The van der Waals surface area contributed by atoms with Gasteiger partial charge < -0.3 is 9.52 Å². The van der Waals surface area contributed by atoms with E-state index in [4.69, 9.17) is 9.52 Å². The van der Waals surface area contributed by atoms with Crippen LogP contribution in [-0.4, -0.2) is 10.1 Å². The van der Waals surface area contributed by atoms with Crippen LogP contribution in [0.25, 0.3) is 11.3 Å². The number of rotatable bonds is 2. The third kappa shape index (κ3) is 2.41. The monoisotopic (exact) mass is 321 g/mol. The minimum absolute atomic E-state index is 0.0719. The molecule has 0 aliphatic rings. The van der Waals surface area contributed by atoms with Gasteiger partial charge in [-0.1, -0.05) is 15.9 Å². The second kappa shape index (κ2) is 4.74. The molecule has 0 unspecified atom stereocenters. The summed E-state index contributed by atoms with van der Waals surface area (Å²) in [5.41, 5.74) is -0.918. The van der Waals surface area contributed by atoms with E-state index in [0.717, 1.165) is 12.5 Å². The van der Waals surface area contributed by atoms with Crippen molar-refractivity contribution in [3.63, 3.8) is 0 Å². The standard InChI is InChI=1S/C11H7BrF3NO2/c12-6-1-2-7(8(3-6)11(13,14)15)10-9(4-17)16-5-18-10/h1-3,5,17H,4H2. The minimum atomic E-state index is -4.52. The fraction of sp³-hybridized carbons (Fsp3) is 0.182. The zero-order chi connectivity index (χ0) is 13.3.